The van der Waals surface area contributed by atoms with Crippen LogP contribution in [0.3, 0.4) is 0 Å². The van der Waals surface area contributed by atoms with Gasteiger partial charge in [-0.05, 0) is 6.07 Å². The molecule has 6 nitrogen and oxygen atoms in total. The molecule has 0 bridgehead atoms. The fourth-order valence-electron chi connectivity index (χ4n) is 1.32. The first kappa shape index (κ1) is 15.3. The molecular weight excluding hydrogens is 257 g/mol. The molecule has 1 rings (SSSR count). The number of methoxy groups -OCH3 is 1. The van der Waals surface area contributed by atoms with Crippen LogP contribution < -0.4 is 4.74 Å². The molecule has 0 saturated carbocycles. The molecule has 0 aliphatic heterocycles. The summed E-state index contributed by atoms with van der Waals surface area (Å²) in [6, 6.07) is 3.46. The van der Waals surface area contributed by atoms with Gasteiger partial charge < -0.3 is 14.2 Å². The van der Waals surface area contributed by atoms with Gasteiger partial charge in [-0.2, -0.15) is 4.39 Å². The number of ether oxygens (including phenoxy) is 3. The molecule has 19 heavy (non-hydrogen) atoms. The Balaban J connectivity index is 2.26. The number of rotatable bonds is 9. The van der Waals surface area contributed by atoms with E-state index in [1.54, 1.807) is 7.11 Å². The van der Waals surface area contributed by atoms with Crippen LogP contribution in [0.25, 0.3) is 0 Å². The van der Waals surface area contributed by atoms with E-state index in [0.717, 1.165) is 12.1 Å². The van der Waals surface area contributed by atoms with E-state index in [-0.39, 0.29) is 5.75 Å². The first-order valence-electron chi connectivity index (χ1n) is 5.78. The van der Waals surface area contributed by atoms with Crippen LogP contribution in [0.2, 0.25) is 0 Å². The predicted octanol–water partition coefficient (Wildman–Crippen LogP) is 2.17. The Bertz CT molecular complexity index is 413. The maximum absolute atomic E-state index is 13.3. The average Bonchev–Trinajstić information content (AvgIpc) is 2.37. The number of hydrogen-bond acceptors (Lipinski definition) is 5. The van der Waals surface area contributed by atoms with E-state index in [0.29, 0.717) is 32.8 Å². The average molecular weight is 273 g/mol. The van der Waals surface area contributed by atoms with Crippen molar-refractivity contribution < 1.29 is 23.5 Å². The molecule has 0 aliphatic rings. The zero-order valence-corrected chi connectivity index (χ0v) is 10.6. The standard InChI is InChI=1S/C12H16FNO5/c1-17-7-8-18-5-2-6-19-10-3-4-12(14(15)16)11(13)9-10/h3-4,9H,2,5-8H2,1H3. The quantitative estimate of drug-likeness (QED) is 0.392. The van der Waals surface area contributed by atoms with Crippen molar-refractivity contribution in [1.29, 1.82) is 0 Å². The van der Waals surface area contributed by atoms with E-state index in [2.05, 4.69) is 0 Å². The van der Waals surface area contributed by atoms with Crippen molar-refractivity contribution in [3.8, 4) is 5.75 Å². The van der Waals surface area contributed by atoms with Gasteiger partial charge in [-0.15, -0.1) is 0 Å². The van der Waals surface area contributed by atoms with Crippen LogP contribution in [0.15, 0.2) is 18.2 Å². The molecule has 0 saturated heterocycles. The van der Waals surface area contributed by atoms with Gasteiger partial charge in [-0.25, -0.2) is 0 Å². The Kier molecular flexibility index (Phi) is 6.76. The number of nitro groups is 1. The van der Waals surface area contributed by atoms with Crippen LogP contribution >= 0.6 is 0 Å². The van der Waals surface area contributed by atoms with Crippen LogP contribution in [-0.4, -0.2) is 38.5 Å². The van der Waals surface area contributed by atoms with Gasteiger partial charge in [0.15, 0.2) is 0 Å². The van der Waals surface area contributed by atoms with Gasteiger partial charge >= 0.3 is 5.69 Å². The molecule has 0 unspecified atom stereocenters. The molecule has 0 fully saturated rings. The van der Waals surface area contributed by atoms with Crippen molar-refractivity contribution in [2.45, 2.75) is 6.42 Å². The summed E-state index contributed by atoms with van der Waals surface area (Å²) in [6.45, 7) is 1.92. The summed E-state index contributed by atoms with van der Waals surface area (Å²) in [7, 11) is 1.59. The lowest BCUT2D eigenvalue weighted by Gasteiger charge is -2.07. The first-order chi connectivity index (χ1) is 9.15. The fourth-order valence-corrected chi connectivity index (χ4v) is 1.32. The van der Waals surface area contributed by atoms with Crippen LogP contribution in [0, 0.1) is 15.9 Å². The number of nitrogens with zero attached hydrogens (tertiary/aromatic N) is 1. The van der Waals surface area contributed by atoms with Crippen molar-refractivity contribution in [1.82, 2.24) is 0 Å². The molecule has 1 aromatic rings. The van der Waals surface area contributed by atoms with Crippen LogP contribution in [0.1, 0.15) is 6.42 Å². The van der Waals surface area contributed by atoms with Gasteiger partial charge in [0, 0.05) is 32.3 Å². The van der Waals surface area contributed by atoms with Crippen LogP contribution in [0.4, 0.5) is 10.1 Å². The van der Waals surface area contributed by atoms with E-state index in [9.17, 15) is 14.5 Å². The molecule has 1 aromatic carbocycles. The number of hydrogen-bond donors (Lipinski definition) is 0. The van der Waals surface area contributed by atoms with Gasteiger partial charge in [0.2, 0.25) is 5.82 Å². The Morgan fingerprint density at radius 1 is 1.26 bits per heavy atom. The van der Waals surface area contributed by atoms with Crippen molar-refractivity contribution in [3.05, 3.63) is 34.1 Å². The highest BCUT2D eigenvalue weighted by Crippen LogP contribution is 2.22. The lowest BCUT2D eigenvalue weighted by atomic mass is 10.3. The molecule has 106 valence electrons. The smallest absolute Gasteiger partial charge is 0.305 e. The molecular formula is C12H16FNO5. The highest BCUT2D eigenvalue weighted by molar-refractivity contribution is 5.37. The maximum Gasteiger partial charge on any atom is 0.305 e. The molecule has 0 radical (unpaired) electrons. The summed E-state index contributed by atoms with van der Waals surface area (Å²) in [5.41, 5.74) is -0.560. The zero-order valence-electron chi connectivity index (χ0n) is 10.6. The van der Waals surface area contributed by atoms with E-state index in [4.69, 9.17) is 14.2 Å². The van der Waals surface area contributed by atoms with Crippen LogP contribution in [-0.2, 0) is 9.47 Å². The molecule has 0 N–H and O–H groups in total. The second-order valence-corrected chi connectivity index (χ2v) is 3.68. The topological polar surface area (TPSA) is 70.8 Å². The minimum absolute atomic E-state index is 0.264. The van der Waals surface area contributed by atoms with Crippen molar-refractivity contribution >= 4 is 5.69 Å². The van der Waals surface area contributed by atoms with Gasteiger partial charge in [0.25, 0.3) is 0 Å². The van der Waals surface area contributed by atoms with Gasteiger partial charge in [0.05, 0.1) is 24.7 Å². The Labute approximate surface area is 110 Å². The third-order valence-electron chi connectivity index (χ3n) is 2.25. The van der Waals surface area contributed by atoms with E-state index in [1.165, 1.54) is 6.07 Å². The molecule has 0 atom stereocenters. The molecule has 0 aliphatic carbocycles. The number of halogens is 1. The predicted molar refractivity (Wildman–Crippen MR) is 65.9 cm³/mol. The lowest BCUT2D eigenvalue weighted by molar-refractivity contribution is -0.387. The summed E-state index contributed by atoms with van der Waals surface area (Å²) in [6.07, 6.45) is 0.641. The SMILES string of the molecule is COCCOCCCOc1ccc([N+](=O)[O-])c(F)c1. The van der Waals surface area contributed by atoms with Crippen LogP contribution in [0.5, 0.6) is 5.75 Å². The molecule has 0 spiro atoms. The van der Waals surface area contributed by atoms with Crippen molar-refractivity contribution in [3.63, 3.8) is 0 Å². The van der Waals surface area contributed by atoms with Crippen molar-refractivity contribution in [2.75, 3.05) is 33.5 Å². The summed E-state index contributed by atoms with van der Waals surface area (Å²) in [5.74, 6) is -0.640. The molecule has 0 aromatic heterocycles. The van der Waals surface area contributed by atoms with Gasteiger partial charge in [0.1, 0.15) is 5.75 Å². The maximum atomic E-state index is 13.3. The molecule has 7 heteroatoms. The minimum Gasteiger partial charge on any atom is -0.493 e. The second-order valence-electron chi connectivity index (χ2n) is 3.68. The Morgan fingerprint density at radius 2 is 2.05 bits per heavy atom. The van der Waals surface area contributed by atoms with E-state index in [1.807, 2.05) is 0 Å². The zero-order chi connectivity index (χ0) is 14.1. The number of benzene rings is 1. The summed E-state index contributed by atoms with van der Waals surface area (Å²) < 4.78 is 28.5. The Morgan fingerprint density at radius 3 is 2.68 bits per heavy atom. The fraction of sp³-hybridized carbons (Fsp3) is 0.500. The lowest BCUT2D eigenvalue weighted by Crippen LogP contribution is -2.07. The minimum atomic E-state index is -0.904. The normalized spacial score (nSPS) is 10.4. The summed E-state index contributed by atoms with van der Waals surface area (Å²) in [5, 5.41) is 10.4. The summed E-state index contributed by atoms with van der Waals surface area (Å²) >= 11 is 0. The second kappa shape index (κ2) is 8.39. The largest absolute Gasteiger partial charge is 0.493 e. The first-order valence-corrected chi connectivity index (χ1v) is 5.78. The molecule has 0 amide bonds. The monoisotopic (exact) mass is 273 g/mol. The number of nitro benzene ring substituents is 1. The highest BCUT2D eigenvalue weighted by Gasteiger charge is 2.13. The van der Waals surface area contributed by atoms with E-state index < -0.39 is 16.4 Å². The Hall–Kier alpha value is -1.73. The summed E-state index contributed by atoms with van der Waals surface area (Å²) in [4.78, 5) is 9.64. The van der Waals surface area contributed by atoms with E-state index >= 15 is 0 Å². The molecule has 0 heterocycles. The van der Waals surface area contributed by atoms with Gasteiger partial charge in [-0.3, -0.25) is 10.1 Å². The van der Waals surface area contributed by atoms with Gasteiger partial charge in [-0.1, -0.05) is 0 Å². The highest BCUT2D eigenvalue weighted by atomic mass is 19.1. The third kappa shape index (κ3) is 5.62. The van der Waals surface area contributed by atoms with Crippen molar-refractivity contribution in [2.24, 2.45) is 0 Å². The third-order valence-corrected chi connectivity index (χ3v) is 2.25.